The summed E-state index contributed by atoms with van der Waals surface area (Å²) in [4.78, 5) is 29.6. The monoisotopic (exact) mass is 582 g/mol. The van der Waals surface area contributed by atoms with Gasteiger partial charge < -0.3 is 14.7 Å². The zero-order chi connectivity index (χ0) is 30.4. The molecular weight excluding hydrogens is 536 g/mol. The number of ether oxygens (including phenoxy) is 1. The van der Waals surface area contributed by atoms with Crippen molar-refractivity contribution in [3.05, 3.63) is 100 Å². The van der Waals surface area contributed by atoms with Crippen molar-refractivity contribution in [3.63, 3.8) is 0 Å². The molecule has 0 radical (unpaired) electrons. The minimum Gasteiger partial charge on any atom is -0.493 e. The molecule has 1 amide bonds. The van der Waals surface area contributed by atoms with Crippen LogP contribution in [-0.4, -0.2) is 53.0 Å². The molecule has 1 heterocycles. The topological polar surface area (TPSA) is 70.1 Å². The molecule has 1 fully saturated rings. The molecule has 6 heteroatoms. The van der Waals surface area contributed by atoms with Crippen LogP contribution in [0.15, 0.2) is 66.7 Å². The SMILES string of the molecule is CC(C)(C)c1ccc(CN(CC(=O)O)C(=O)c2ccc3c(c2)Cc2cccc(c2)CN(CC2CC2)CCCCCO3)cc1. The minimum atomic E-state index is -1.03. The van der Waals surface area contributed by atoms with E-state index in [4.69, 9.17) is 4.74 Å². The molecule has 228 valence electrons. The Kier molecular flexibility index (Phi) is 9.86. The van der Waals surface area contributed by atoms with E-state index in [9.17, 15) is 14.7 Å². The third-order valence-corrected chi connectivity index (χ3v) is 8.50. The lowest BCUT2D eigenvalue weighted by molar-refractivity contribution is -0.137. The molecule has 0 unspecified atom stereocenters. The van der Waals surface area contributed by atoms with E-state index in [-0.39, 0.29) is 24.4 Å². The summed E-state index contributed by atoms with van der Waals surface area (Å²) in [6, 6.07) is 22.4. The lowest BCUT2D eigenvalue weighted by Gasteiger charge is -2.24. The van der Waals surface area contributed by atoms with Crippen molar-refractivity contribution in [2.24, 2.45) is 5.92 Å². The summed E-state index contributed by atoms with van der Waals surface area (Å²) in [5.41, 5.74) is 6.02. The van der Waals surface area contributed by atoms with E-state index >= 15 is 0 Å². The van der Waals surface area contributed by atoms with Gasteiger partial charge in [-0.1, -0.05) is 69.3 Å². The van der Waals surface area contributed by atoms with Crippen molar-refractivity contribution in [1.82, 2.24) is 9.80 Å². The van der Waals surface area contributed by atoms with Crippen LogP contribution in [0.5, 0.6) is 5.75 Å². The van der Waals surface area contributed by atoms with Crippen molar-refractivity contribution in [1.29, 1.82) is 0 Å². The van der Waals surface area contributed by atoms with Crippen molar-refractivity contribution in [3.8, 4) is 5.75 Å². The van der Waals surface area contributed by atoms with Crippen LogP contribution >= 0.6 is 0 Å². The smallest absolute Gasteiger partial charge is 0.323 e. The summed E-state index contributed by atoms with van der Waals surface area (Å²) in [5, 5.41) is 9.65. The van der Waals surface area contributed by atoms with E-state index in [1.54, 1.807) is 6.07 Å². The largest absolute Gasteiger partial charge is 0.493 e. The quantitative estimate of drug-likeness (QED) is 0.323. The second-order valence-electron chi connectivity index (χ2n) is 13.4. The lowest BCUT2D eigenvalue weighted by atomic mass is 9.87. The molecule has 0 atom stereocenters. The van der Waals surface area contributed by atoms with Gasteiger partial charge in [-0.2, -0.15) is 0 Å². The van der Waals surface area contributed by atoms with Gasteiger partial charge in [0, 0.05) is 31.6 Å². The fraction of sp³-hybridized carbons (Fsp3) is 0.459. The average molecular weight is 583 g/mol. The number of benzene rings is 3. The molecule has 2 bridgehead atoms. The molecule has 1 aliphatic heterocycles. The number of carboxylic acids is 1. The first-order valence-electron chi connectivity index (χ1n) is 15.8. The molecule has 6 nitrogen and oxygen atoms in total. The summed E-state index contributed by atoms with van der Waals surface area (Å²) in [6.45, 7) is 10.2. The van der Waals surface area contributed by atoms with Crippen LogP contribution in [0.1, 0.15) is 91.1 Å². The van der Waals surface area contributed by atoms with Crippen LogP contribution in [0.3, 0.4) is 0 Å². The average Bonchev–Trinajstić information content (AvgIpc) is 3.78. The molecule has 1 aliphatic carbocycles. The Morgan fingerprint density at radius 2 is 1.72 bits per heavy atom. The number of rotatable bonds is 7. The number of aliphatic carboxylic acids is 1. The number of nitrogens with zero attached hydrogens (tertiary/aromatic N) is 2. The van der Waals surface area contributed by atoms with Crippen LogP contribution in [0.25, 0.3) is 0 Å². The number of fused-ring (bicyclic) bond motifs is 3. The van der Waals surface area contributed by atoms with Crippen LogP contribution in [0.2, 0.25) is 0 Å². The fourth-order valence-corrected chi connectivity index (χ4v) is 5.88. The molecule has 0 spiro atoms. The third kappa shape index (κ3) is 8.93. The van der Waals surface area contributed by atoms with Gasteiger partial charge >= 0.3 is 5.97 Å². The Balaban J connectivity index is 1.39. The highest BCUT2D eigenvalue weighted by molar-refractivity contribution is 5.96. The predicted molar refractivity (Wildman–Crippen MR) is 171 cm³/mol. The van der Waals surface area contributed by atoms with Gasteiger partial charge in [0.1, 0.15) is 12.3 Å². The molecule has 0 aromatic heterocycles. The highest BCUT2D eigenvalue weighted by Gasteiger charge is 2.25. The summed E-state index contributed by atoms with van der Waals surface area (Å²) in [6.07, 6.45) is 6.62. The molecule has 1 saturated carbocycles. The van der Waals surface area contributed by atoms with Crippen LogP contribution in [0, 0.1) is 5.92 Å². The summed E-state index contributed by atoms with van der Waals surface area (Å²) >= 11 is 0. The van der Waals surface area contributed by atoms with Gasteiger partial charge in [-0.05, 0) is 96.0 Å². The standard InChI is InChI=1S/C37H46N2O4/c1-37(2,3)33-15-12-28(13-16-33)25-39(26-35(40)41)36(42)31-14-17-34-32(22-31)21-29-8-7-9-30(20-29)24-38(23-27-10-11-27)18-5-4-6-19-43-34/h7-9,12-17,20,22,27H,4-6,10-11,18-19,21,23-26H2,1-3H3,(H,40,41). The second kappa shape index (κ2) is 13.8. The first-order chi connectivity index (χ1) is 20.6. The van der Waals surface area contributed by atoms with Crippen molar-refractivity contribution in [2.75, 3.05) is 26.2 Å². The summed E-state index contributed by atoms with van der Waals surface area (Å²) in [7, 11) is 0. The normalized spacial score (nSPS) is 16.4. The maximum Gasteiger partial charge on any atom is 0.323 e. The van der Waals surface area contributed by atoms with Gasteiger partial charge in [0.05, 0.1) is 6.61 Å². The Hall–Kier alpha value is -3.64. The number of hydrogen-bond acceptors (Lipinski definition) is 4. The number of carbonyl (C=O) groups is 2. The van der Waals surface area contributed by atoms with E-state index < -0.39 is 5.97 Å². The minimum absolute atomic E-state index is 0.0157. The highest BCUT2D eigenvalue weighted by atomic mass is 16.5. The molecule has 0 saturated heterocycles. The molecule has 1 N–H and O–H groups in total. The van der Waals surface area contributed by atoms with E-state index in [1.807, 2.05) is 24.3 Å². The Morgan fingerprint density at radius 1 is 0.953 bits per heavy atom. The first kappa shape index (κ1) is 30.8. The van der Waals surface area contributed by atoms with Gasteiger partial charge in [0.15, 0.2) is 0 Å². The maximum atomic E-state index is 13.8. The molecule has 43 heavy (non-hydrogen) atoms. The Labute approximate surface area is 256 Å². The maximum absolute atomic E-state index is 13.8. The number of amides is 1. The van der Waals surface area contributed by atoms with Gasteiger partial charge in [0.2, 0.25) is 0 Å². The van der Waals surface area contributed by atoms with Crippen LogP contribution < -0.4 is 4.74 Å². The lowest BCUT2D eigenvalue weighted by Crippen LogP contribution is -2.35. The van der Waals surface area contributed by atoms with Gasteiger partial charge in [-0.3, -0.25) is 14.5 Å². The van der Waals surface area contributed by atoms with Crippen LogP contribution in [-0.2, 0) is 29.7 Å². The van der Waals surface area contributed by atoms with E-state index in [2.05, 4.69) is 62.1 Å². The number of hydrogen-bond donors (Lipinski definition) is 1. The summed E-state index contributed by atoms with van der Waals surface area (Å²) in [5.74, 6) is 0.316. The zero-order valence-electron chi connectivity index (χ0n) is 26.0. The molecular formula is C37H46N2O4. The third-order valence-electron chi connectivity index (χ3n) is 8.50. The van der Waals surface area contributed by atoms with Gasteiger partial charge in [0.25, 0.3) is 5.91 Å². The molecule has 3 aromatic carbocycles. The second-order valence-corrected chi connectivity index (χ2v) is 13.4. The van der Waals surface area contributed by atoms with Crippen LogP contribution in [0.4, 0.5) is 0 Å². The molecule has 3 aromatic rings. The number of carboxylic acid groups (broad SMARTS) is 1. The van der Waals surface area contributed by atoms with Crippen molar-refractivity contribution < 1.29 is 19.4 Å². The Bertz CT molecular complexity index is 1400. The van der Waals surface area contributed by atoms with E-state index in [0.29, 0.717) is 18.6 Å². The van der Waals surface area contributed by atoms with Crippen molar-refractivity contribution in [2.45, 2.75) is 77.8 Å². The van der Waals surface area contributed by atoms with Crippen molar-refractivity contribution >= 4 is 11.9 Å². The molecule has 2 aliphatic rings. The summed E-state index contributed by atoms with van der Waals surface area (Å²) < 4.78 is 6.27. The van der Waals surface area contributed by atoms with E-state index in [1.165, 1.54) is 41.0 Å². The first-order valence-corrected chi connectivity index (χ1v) is 15.8. The van der Waals surface area contributed by atoms with Gasteiger partial charge in [-0.15, -0.1) is 0 Å². The zero-order valence-corrected chi connectivity index (χ0v) is 26.0. The number of carbonyl (C=O) groups excluding carboxylic acids is 1. The molecule has 5 rings (SSSR count). The fourth-order valence-electron chi connectivity index (χ4n) is 5.88. The highest BCUT2D eigenvalue weighted by Crippen LogP contribution is 2.31. The van der Waals surface area contributed by atoms with Gasteiger partial charge in [-0.25, -0.2) is 0 Å². The van der Waals surface area contributed by atoms with E-state index in [0.717, 1.165) is 55.1 Å². The Morgan fingerprint density at radius 3 is 2.44 bits per heavy atom. The predicted octanol–water partition coefficient (Wildman–Crippen LogP) is 7.08.